The van der Waals surface area contributed by atoms with Crippen molar-refractivity contribution in [2.75, 3.05) is 26.7 Å². The summed E-state index contributed by atoms with van der Waals surface area (Å²) >= 11 is 0. The van der Waals surface area contributed by atoms with Crippen LogP contribution in [-0.2, 0) is 14.3 Å². The number of allylic oxidation sites excluding steroid dienone is 8. The number of amides is 2. The van der Waals surface area contributed by atoms with Crippen molar-refractivity contribution in [2.45, 2.75) is 72.3 Å². The molecule has 1 aliphatic carbocycles. The Bertz CT molecular complexity index is 1010. The zero-order valence-corrected chi connectivity index (χ0v) is 23.3. The van der Waals surface area contributed by atoms with Gasteiger partial charge >= 0.3 is 6.09 Å². The molecular weight excluding hydrogens is 471 g/mol. The number of halogens is 1. The van der Waals surface area contributed by atoms with Crippen molar-refractivity contribution in [3.8, 4) is 0 Å². The maximum absolute atomic E-state index is 14.9. The fourth-order valence-electron chi connectivity index (χ4n) is 4.69. The fourth-order valence-corrected chi connectivity index (χ4v) is 4.69. The first-order valence-electron chi connectivity index (χ1n) is 13.0. The number of methoxy groups -OCH3 is 1. The van der Waals surface area contributed by atoms with E-state index in [1.54, 1.807) is 42.2 Å². The van der Waals surface area contributed by atoms with Crippen molar-refractivity contribution in [1.29, 1.82) is 0 Å². The van der Waals surface area contributed by atoms with E-state index in [-0.39, 0.29) is 17.8 Å². The Morgan fingerprint density at radius 1 is 1.27 bits per heavy atom. The summed E-state index contributed by atoms with van der Waals surface area (Å²) in [6, 6.07) is 0. The molecule has 1 N–H and O–H groups in total. The number of nitrogens with zero attached hydrogens (tertiary/aromatic N) is 1. The molecule has 1 aliphatic heterocycles. The summed E-state index contributed by atoms with van der Waals surface area (Å²) in [6.07, 6.45) is 13.3. The molecule has 0 aromatic heterocycles. The van der Waals surface area contributed by atoms with Gasteiger partial charge in [0.25, 0.3) is 5.91 Å². The van der Waals surface area contributed by atoms with Crippen molar-refractivity contribution >= 4 is 12.0 Å². The van der Waals surface area contributed by atoms with E-state index in [0.717, 1.165) is 5.57 Å². The zero-order chi connectivity index (χ0) is 27.6. The summed E-state index contributed by atoms with van der Waals surface area (Å²) in [4.78, 5) is 27.9. The van der Waals surface area contributed by atoms with Gasteiger partial charge in [-0.25, -0.2) is 9.18 Å². The van der Waals surface area contributed by atoms with Crippen LogP contribution in [0.4, 0.5) is 9.18 Å². The molecule has 2 aliphatic rings. The molecule has 2 rings (SSSR count). The summed E-state index contributed by atoms with van der Waals surface area (Å²) in [5, 5.41) is 3.10. The van der Waals surface area contributed by atoms with Gasteiger partial charge in [0.1, 0.15) is 17.2 Å². The van der Waals surface area contributed by atoms with Gasteiger partial charge in [-0.05, 0) is 84.4 Å². The highest BCUT2D eigenvalue weighted by Gasteiger charge is 2.38. The summed E-state index contributed by atoms with van der Waals surface area (Å²) in [5.41, 5.74) is 0.811. The maximum atomic E-state index is 14.9. The number of carbonyl (C=O) groups excluding carboxylic acids is 2. The third kappa shape index (κ3) is 8.48. The normalized spacial score (nSPS) is 21.6. The molecule has 2 amide bonds. The molecule has 7 heteroatoms. The molecule has 0 bridgehead atoms. The van der Waals surface area contributed by atoms with Crippen LogP contribution in [0.25, 0.3) is 0 Å². The average Bonchev–Trinajstić information content (AvgIpc) is 3.16. The van der Waals surface area contributed by atoms with Gasteiger partial charge in [0.2, 0.25) is 0 Å². The Morgan fingerprint density at radius 3 is 2.62 bits per heavy atom. The van der Waals surface area contributed by atoms with E-state index in [2.05, 4.69) is 11.9 Å². The SMILES string of the molecule is C=CC/C=C(C(=O)NCC1(C2=CC(F)=C(C)C=CC2)CCCN(C(=O)OC(C)(C)C)CC1)\C(=C/C)OC. The molecule has 0 aromatic carbocycles. The number of hydrogen-bond acceptors (Lipinski definition) is 4. The topological polar surface area (TPSA) is 67.9 Å². The predicted octanol–water partition coefficient (Wildman–Crippen LogP) is 6.69. The first-order valence-corrected chi connectivity index (χ1v) is 13.0. The quantitative estimate of drug-likeness (QED) is 0.170. The Kier molecular flexibility index (Phi) is 11.0. The minimum absolute atomic E-state index is 0.263. The Hall–Kier alpha value is -3.09. The van der Waals surface area contributed by atoms with E-state index in [1.807, 2.05) is 33.8 Å². The molecule has 1 fully saturated rings. The lowest BCUT2D eigenvalue weighted by Crippen LogP contribution is -2.41. The molecule has 0 saturated carbocycles. The molecule has 1 saturated heterocycles. The monoisotopic (exact) mass is 514 g/mol. The lowest BCUT2D eigenvalue weighted by Gasteiger charge is -2.36. The minimum Gasteiger partial charge on any atom is -0.496 e. The molecule has 0 radical (unpaired) electrons. The van der Waals surface area contributed by atoms with Crippen LogP contribution >= 0.6 is 0 Å². The van der Waals surface area contributed by atoms with E-state index in [4.69, 9.17) is 9.47 Å². The van der Waals surface area contributed by atoms with Crippen molar-refractivity contribution in [1.82, 2.24) is 10.2 Å². The zero-order valence-electron chi connectivity index (χ0n) is 23.3. The molecule has 0 spiro atoms. The Labute approximate surface area is 221 Å². The van der Waals surface area contributed by atoms with Gasteiger partial charge < -0.3 is 19.7 Å². The van der Waals surface area contributed by atoms with Crippen molar-refractivity contribution < 1.29 is 23.5 Å². The number of ether oxygens (including phenoxy) is 2. The van der Waals surface area contributed by atoms with Crippen LogP contribution in [0.2, 0.25) is 0 Å². The van der Waals surface area contributed by atoms with Gasteiger partial charge in [-0.3, -0.25) is 4.79 Å². The van der Waals surface area contributed by atoms with Crippen molar-refractivity contribution in [3.05, 3.63) is 71.3 Å². The van der Waals surface area contributed by atoms with Crippen LogP contribution in [0, 0.1) is 5.41 Å². The molecular formula is C30H43FN2O4. The third-order valence-corrected chi connectivity index (χ3v) is 6.73. The van der Waals surface area contributed by atoms with E-state index in [0.29, 0.717) is 68.6 Å². The van der Waals surface area contributed by atoms with Crippen LogP contribution in [0.1, 0.15) is 66.7 Å². The summed E-state index contributed by atoms with van der Waals surface area (Å²) < 4.78 is 25.9. The Morgan fingerprint density at radius 2 is 2.00 bits per heavy atom. The van der Waals surface area contributed by atoms with Gasteiger partial charge in [0, 0.05) is 25.0 Å². The molecule has 6 nitrogen and oxygen atoms in total. The third-order valence-electron chi connectivity index (χ3n) is 6.73. The van der Waals surface area contributed by atoms with E-state index < -0.39 is 11.0 Å². The molecule has 0 aromatic rings. The summed E-state index contributed by atoms with van der Waals surface area (Å²) in [7, 11) is 1.53. The Balaban J connectivity index is 2.38. The van der Waals surface area contributed by atoms with Gasteiger partial charge in [-0.2, -0.15) is 0 Å². The van der Waals surface area contributed by atoms with Gasteiger partial charge in [-0.1, -0.05) is 29.9 Å². The largest absolute Gasteiger partial charge is 0.496 e. The fraction of sp³-hybridized carbons (Fsp3) is 0.533. The highest BCUT2D eigenvalue weighted by Crippen LogP contribution is 2.42. The number of nitrogens with one attached hydrogen (secondary N) is 1. The van der Waals surface area contributed by atoms with Gasteiger partial charge in [-0.15, -0.1) is 6.58 Å². The van der Waals surface area contributed by atoms with Crippen molar-refractivity contribution in [2.24, 2.45) is 5.41 Å². The number of carbonyl (C=O) groups is 2. The van der Waals surface area contributed by atoms with Crippen LogP contribution < -0.4 is 5.32 Å². The first-order chi connectivity index (χ1) is 17.5. The summed E-state index contributed by atoms with van der Waals surface area (Å²) in [6.45, 7) is 14.1. The van der Waals surface area contributed by atoms with Crippen LogP contribution in [0.3, 0.4) is 0 Å². The van der Waals surface area contributed by atoms with E-state index >= 15 is 0 Å². The second-order valence-corrected chi connectivity index (χ2v) is 10.6. The number of rotatable bonds is 8. The maximum Gasteiger partial charge on any atom is 0.410 e. The standard InChI is InChI=1S/C30H43FN2O4/c1-8-10-15-24(26(9-2)36-7)27(34)32-21-30(23-14-11-13-22(3)25(31)20-23)16-12-18-33(19-17-30)28(35)37-29(4,5)6/h8-9,11,13,15,20H,1,10,12,14,16-19,21H2,2-7H3,(H,32,34)/b24-15+,26-9+. The second-order valence-electron chi connectivity index (χ2n) is 10.6. The van der Waals surface area contributed by atoms with E-state index in [1.165, 1.54) is 7.11 Å². The highest BCUT2D eigenvalue weighted by atomic mass is 19.1. The molecule has 37 heavy (non-hydrogen) atoms. The minimum atomic E-state index is -0.589. The predicted molar refractivity (Wildman–Crippen MR) is 146 cm³/mol. The smallest absolute Gasteiger partial charge is 0.410 e. The molecule has 1 heterocycles. The van der Waals surface area contributed by atoms with Crippen LogP contribution in [-0.4, -0.2) is 49.2 Å². The van der Waals surface area contributed by atoms with Crippen LogP contribution in [0.15, 0.2) is 71.3 Å². The second kappa shape index (κ2) is 13.5. The molecule has 204 valence electrons. The first kappa shape index (κ1) is 30.1. The lowest BCUT2D eigenvalue weighted by molar-refractivity contribution is -0.118. The highest BCUT2D eigenvalue weighted by molar-refractivity contribution is 5.97. The molecule has 1 unspecified atom stereocenters. The molecule has 1 atom stereocenters. The lowest BCUT2D eigenvalue weighted by atomic mass is 9.72. The number of likely N-dealkylation sites (tertiary alicyclic amines) is 1. The van der Waals surface area contributed by atoms with Gasteiger partial charge in [0.05, 0.1) is 12.7 Å². The van der Waals surface area contributed by atoms with Gasteiger partial charge in [0.15, 0.2) is 0 Å². The van der Waals surface area contributed by atoms with E-state index in [9.17, 15) is 14.0 Å². The average molecular weight is 515 g/mol. The van der Waals surface area contributed by atoms with Crippen molar-refractivity contribution in [3.63, 3.8) is 0 Å². The van der Waals surface area contributed by atoms with Crippen LogP contribution in [0.5, 0.6) is 0 Å². The number of hydrogen-bond donors (Lipinski definition) is 1. The summed E-state index contributed by atoms with van der Waals surface area (Å²) in [5.74, 6) is -0.0576.